The molecule has 0 saturated heterocycles. The van der Waals surface area contributed by atoms with Crippen LogP contribution in [-0.2, 0) is 0 Å². The topological polar surface area (TPSA) is 79.1 Å². The third-order valence-electron chi connectivity index (χ3n) is 0.954. The van der Waals surface area contributed by atoms with Crippen LogP contribution in [0.15, 0.2) is 10.4 Å². The van der Waals surface area contributed by atoms with Gasteiger partial charge in [0.15, 0.2) is 0 Å². The van der Waals surface area contributed by atoms with E-state index in [0.717, 1.165) is 0 Å². The van der Waals surface area contributed by atoms with Gasteiger partial charge >= 0.3 is 0 Å². The molecule has 0 aromatic heterocycles. The van der Waals surface area contributed by atoms with Crippen LogP contribution >= 0.6 is 0 Å². The van der Waals surface area contributed by atoms with Gasteiger partial charge in [-0.2, -0.15) is 9.81 Å². The lowest BCUT2D eigenvalue weighted by molar-refractivity contribution is 0.166. The second kappa shape index (κ2) is 4.08. The predicted octanol–water partition coefficient (Wildman–Crippen LogP) is 0.269. The average Bonchev–Trinajstić information content (AvgIpc) is 1.82. The summed E-state index contributed by atoms with van der Waals surface area (Å²) < 4.78 is 0. The average molecular weight is 132 g/mol. The highest BCUT2D eigenvalue weighted by Gasteiger charge is 2.14. The highest BCUT2D eigenvalue weighted by Crippen LogP contribution is 1.97. The Morgan fingerprint density at radius 3 is 2.22 bits per heavy atom. The second-order valence-electron chi connectivity index (χ2n) is 1.73. The number of aliphatic hydroxyl groups is 1. The molecule has 0 heterocycles. The summed E-state index contributed by atoms with van der Waals surface area (Å²) in [5, 5.41) is 13.6. The molecule has 0 aliphatic carbocycles. The monoisotopic (exact) mass is 132 g/mol. The minimum absolute atomic E-state index is 0.249. The highest BCUT2D eigenvalue weighted by molar-refractivity contribution is 4.72. The van der Waals surface area contributed by atoms with E-state index >= 15 is 0 Å². The Kier molecular flexibility index (Phi) is 3.70. The summed E-state index contributed by atoms with van der Waals surface area (Å²) in [6, 6.07) is -0.887. The molecule has 9 heavy (non-hydrogen) atoms. The maximum Gasteiger partial charge on any atom is 0.140 e. The van der Waals surface area contributed by atoms with Crippen LogP contribution in [0.3, 0.4) is 0 Å². The van der Waals surface area contributed by atoms with Gasteiger partial charge in [0, 0.05) is 0 Å². The third kappa shape index (κ3) is 2.86. The van der Waals surface area contributed by atoms with Crippen molar-refractivity contribution in [2.75, 3.05) is 6.54 Å². The third-order valence-corrected chi connectivity index (χ3v) is 0.954. The van der Waals surface area contributed by atoms with Crippen molar-refractivity contribution in [2.24, 2.45) is 10.4 Å². The van der Waals surface area contributed by atoms with Crippen molar-refractivity contribution in [2.45, 2.75) is 19.1 Å². The molecule has 1 N–H and O–H groups in total. The van der Waals surface area contributed by atoms with E-state index in [2.05, 4.69) is 10.4 Å². The fraction of sp³-hybridized carbons (Fsp3) is 1.00. The summed E-state index contributed by atoms with van der Waals surface area (Å²) in [5.41, 5.74) is 0. The van der Waals surface area contributed by atoms with Gasteiger partial charge in [-0.1, -0.05) is 10.4 Å². The Labute approximate surface area is 52.0 Å². The number of hydrogen-bond donors (Lipinski definition) is 1. The van der Waals surface area contributed by atoms with E-state index in [4.69, 9.17) is 5.11 Å². The quantitative estimate of drug-likeness (QED) is 0.557. The van der Waals surface area contributed by atoms with Gasteiger partial charge in [-0.15, -0.1) is 0 Å². The van der Waals surface area contributed by atoms with E-state index < -0.39 is 12.1 Å². The van der Waals surface area contributed by atoms with Crippen LogP contribution in [0.2, 0.25) is 0 Å². The molecule has 0 bridgehead atoms. The molecule has 0 aliphatic rings. The largest absolute Gasteiger partial charge is 0.391 e. The molecular weight excluding hydrogens is 124 g/mol. The molecule has 0 saturated carbocycles. The molecule has 52 valence electrons. The molecule has 0 aromatic carbocycles. The van der Waals surface area contributed by atoms with Crippen LogP contribution in [-0.4, -0.2) is 23.8 Å². The first kappa shape index (κ1) is 8.16. The summed E-state index contributed by atoms with van der Waals surface area (Å²) in [5.74, 6) is 0. The molecule has 0 spiro atoms. The number of nitrogens with zero attached hydrogens (tertiary/aromatic N) is 2. The lowest BCUT2D eigenvalue weighted by Gasteiger charge is -2.05. The van der Waals surface area contributed by atoms with Gasteiger partial charge in [0.05, 0.1) is 6.10 Å². The van der Waals surface area contributed by atoms with Gasteiger partial charge in [-0.3, -0.25) is 0 Å². The molecule has 0 rings (SSSR count). The van der Waals surface area contributed by atoms with Crippen LogP contribution in [0.5, 0.6) is 0 Å². The van der Waals surface area contributed by atoms with Gasteiger partial charge in [-0.25, -0.2) is 0 Å². The Morgan fingerprint density at radius 1 is 1.56 bits per heavy atom. The molecule has 0 radical (unpaired) electrons. The fourth-order valence-corrected chi connectivity index (χ4v) is 0.350. The summed E-state index contributed by atoms with van der Waals surface area (Å²) in [6.45, 7) is 1.14. The Balaban J connectivity index is 3.66. The van der Waals surface area contributed by atoms with Gasteiger partial charge in [0.1, 0.15) is 12.6 Å². The molecular formula is C4H8N2O3. The first-order chi connectivity index (χ1) is 4.22. The van der Waals surface area contributed by atoms with Crippen molar-refractivity contribution in [1.82, 2.24) is 0 Å². The van der Waals surface area contributed by atoms with Crippen LogP contribution in [0, 0.1) is 9.81 Å². The molecule has 0 aromatic rings. The van der Waals surface area contributed by atoms with E-state index in [0.29, 0.717) is 0 Å². The molecule has 5 nitrogen and oxygen atoms in total. The van der Waals surface area contributed by atoms with Gasteiger partial charge < -0.3 is 5.11 Å². The molecule has 5 heteroatoms. The van der Waals surface area contributed by atoms with Crippen LogP contribution in [0.25, 0.3) is 0 Å². The minimum atomic E-state index is -0.889. The van der Waals surface area contributed by atoms with Gasteiger partial charge in [0.25, 0.3) is 0 Å². The van der Waals surface area contributed by atoms with Crippen molar-refractivity contribution in [1.29, 1.82) is 0 Å². The molecule has 2 unspecified atom stereocenters. The molecule has 0 aliphatic heterocycles. The zero-order chi connectivity index (χ0) is 7.28. The lowest BCUT2D eigenvalue weighted by Crippen LogP contribution is -2.22. The fourth-order valence-electron chi connectivity index (χ4n) is 0.350. The summed E-state index contributed by atoms with van der Waals surface area (Å²) in [4.78, 5) is 19.2. The van der Waals surface area contributed by atoms with Crippen molar-refractivity contribution in [3.8, 4) is 0 Å². The smallest absolute Gasteiger partial charge is 0.140 e. The maximum absolute atomic E-state index is 9.73. The maximum atomic E-state index is 9.73. The van der Waals surface area contributed by atoms with Crippen LogP contribution in [0.1, 0.15) is 6.92 Å². The Morgan fingerprint density at radius 2 is 2.11 bits per heavy atom. The van der Waals surface area contributed by atoms with Crippen molar-refractivity contribution >= 4 is 0 Å². The zero-order valence-electron chi connectivity index (χ0n) is 5.02. The van der Waals surface area contributed by atoms with E-state index in [9.17, 15) is 9.81 Å². The van der Waals surface area contributed by atoms with Gasteiger partial charge in [0.2, 0.25) is 0 Å². The summed E-state index contributed by atoms with van der Waals surface area (Å²) in [6.07, 6.45) is -0.889. The van der Waals surface area contributed by atoms with Gasteiger partial charge in [-0.05, 0) is 6.92 Å². The van der Waals surface area contributed by atoms with Crippen molar-refractivity contribution in [3.05, 3.63) is 9.81 Å². The first-order valence-corrected chi connectivity index (χ1v) is 2.52. The number of hydrogen-bond acceptors (Lipinski definition) is 5. The SMILES string of the molecule is CC(O)C(CN=O)N=O. The first-order valence-electron chi connectivity index (χ1n) is 2.52. The highest BCUT2D eigenvalue weighted by atomic mass is 16.3. The van der Waals surface area contributed by atoms with Crippen LogP contribution in [0.4, 0.5) is 0 Å². The van der Waals surface area contributed by atoms with E-state index in [1.807, 2.05) is 0 Å². The van der Waals surface area contributed by atoms with Crippen molar-refractivity contribution in [3.63, 3.8) is 0 Å². The lowest BCUT2D eigenvalue weighted by atomic mass is 10.2. The van der Waals surface area contributed by atoms with Crippen molar-refractivity contribution < 1.29 is 5.11 Å². The standard InChI is InChI=1S/C4H8N2O3/c1-3(7)4(6-9)2-5-8/h3-4,7H,2H2,1H3. The van der Waals surface area contributed by atoms with E-state index in [1.165, 1.54) is 6.92 Å². The summed E-state index contributed by atoms with van der Waals surface area (Å²) >= 11 is 0. The minimum Gasteiger partial charge on any atom is -0.391 e. The normalized spacial score (nSPS) is 16.2. The van der Waals surface area contributed by atoms with E-state index in [1.54, 1.807) is 0 Å². The summed E-state index contributed by atoms with van der Waals surface area (Å²) in [7, 11) is 0. The van der Waals surface area contributed by atoms with Crippen LogP contribution < -0.4 is 0 Å². The number of aliphatic hydroxyl groups excluding tert-OH is 1. The number of rotatable bonds is 4. The Hall–Kier alpha value is -0.840. The molecule has 2 atom stereocenters. The predicted molar refractivity (Wildman–Crippen MR) is 31.9 cm³/mol. The second-order valence-corrected chi connectivity index (χ2v) is 1.73. The van der Waals surface area contributed by atoms with E-state index in [-0.39, 0.29) is 6.54 Å². The zero-order valence-corrected chi connectivity index (χ0v) is 5.02. The molecule has 0 amide bonds. The Bertz CT molecular complexity index is 104. The number of nitroso groups, excluding NO2 is 2. The molecule has 0 fully saturated rings.